The molecule has 1 unspecified atom stereocenters. The van der Waals surface area contributed by atoms with Crippen LogP contribution < -0.4 is 5.32 Å². The zero-order chi connectivity index (χ0) is 31.3. The number of hydrogen-bond donors (Lipinski definition) is 1. The van der Waals surface area contributed by atoms with E-state index in [1.807, 2.05) is 30.3 Å². The van der Waals surface area contributed by atoms with Crippen molar-refractivity contribution in [2.24, 2.45) is 4.99 Å². The molecular weight excluding hydrogens is 619 g/mol. The van der Waals surface area contributed by atoms with Crippen molar-refractivity contribution >= 4 is 57.8 Å². The van der Waals surface area contributed by atoms with Gasteiger partial charge in [-0.15, -0.1) is 0 Å². The molecular formula is C33H28ClFN4O5S. The minimum absolute atomic E-state index is 0.0669. The van der Waals surface area contributed by atoms with E-state index in [4.69, 9.17) is 20.8 Å². The van der Waals surface area contributed by atoms with Crippen LogP contribution in [0.25, 0.3) is 0 Å². The summed E-state index contributed by atoms with van der Waals surface area (Å²) in [5, 5.41) is 2.64. The number of benzene rings is 3. The molecule has 45 heavy (non-hydrogen) atoms. The molecule has 6 rings (SSSR count). The number of ether oxygens (including phenoxy) is 1. The van der Waals surface area contributed by atoms with Gasteiger partial charge in [-0.05, 0) is 66.4 Å². The molecule has 2 aliphatic heterocycles. The Kier molecular flexibility index (Phi) is 9.18. The number of carbonyl (C=O) groups is 3. The SMILES string of the molecule is O=C(Nc1ccc(C2S/C(=N\c3ccc(F)c(Cl)c3)N(Cc3ccco3)C2=O)cc1)[C@@H]1CCCN1C(=O)OCc1ccccc1. The van der Waals surface area contributed by atoms with Crippen LogP contribution in [0.2, 0.25) is 5.02 Å². The van der Waals surface area contributed by atoms with Gasteiger partial charge < -0.3 is 14.5 Å². The molecule has 0 bridgehead atoms. The van der Waals surface area contributed by atoms with Crippen LogP contribution in [0.5, 0.6) is 0 Å². The number of amides is 3. The van der Waals surface area contributed by atoms with Crippen molar-refractivity contribution in [1.29, 1.82) is 0 Å². The number of anilines is 1. The van der Waals surface area contributed by atoms with Gasteiger partial charge in [0.25, 0.3) is 0 Å². The van der Waals surface area contributed by atoms with E-state index in [-0.39, 0.29) is 30.0 Å². The lowest BCUT2D eigenvalue weighted by atomic mass is 10.1. The van der Waals surface area contributed by atoms with Crippen LogP contribution in [0.3, 0.4) is 0 Å². The number of carbonyl (C=O) groups excluding carboxylic acids is 3. The summed E-state index contributed by atoms with van der Waals surface area (Å²) in [4.78, 5) is 47.1. The zero-order valence-electron chi connectivity index (χ0n) is 23.9. The standard InChI is InChI=1S/C33H28ClFN4O5S/c34-26-18-24(14-15-27(26)35)37-32-39(19-25-8-5-17-43-25)31(41)29(45-32)22-10-12-23(13-11-22)36-30(40)28-9-4-16-38(28)33(42)44-20-21-6-2-1-3-7-21/h1-3,5-8,10-15,17-18,28-29H,4,9,16,19-20H2,(H,36,40)/b37-32-/t28-,29?/m0/s1. The highest BCUT2D eigenvalue weighted by molar-refractivity contribution is 8.15. The van der Waals surface area contributed by atoms with E-state index >= 15 is 0 Å². The number of nitrogens with zero attached hydrogens (tertiary/aromatic N) is 3. The molecule has 2 fully saturated rings. The fourth-order valence-electron chi connectivity index (χ4n) is 5.15. The number of amidine groups is 1. The van der Waals surface area contributed by atoms with Gasteiger partial charge in [0.1, 0.15) is 29.5 Å². The smallest absolute Gasteiger partial charge is 0.410 e. The molecule has 1 aromatic heterocycles. The number of nitrogens with one attached hydrogen (secondary N) is 1. The number of hydrogen-bond acceptors (Lipinski definition) is 7. The molecule has 3 aromatic carbocycles. The second kappa shape index (κ2) is 13.6. The molecule has 9 nitrogen and oxygen atoms in total. The van der Waals surface area contributed by atoms with Gasteiger partial charge in [0.2, 0.25) is 11.8 Å². The Hall–Kier alpha value is -4.61. The molecule has 2 atom stereocenters. The maximum atomic E-state index is 13.7. The van der Waals surface area contributed by atoms with Crippen LogP contribution in [0.4, 0.5) is 20.6 Å². The van der Waals surface area contributed by atoms with Crippen LogP contribution in [-0.4, -0.2) is 45.5 Å². The molecule has 0 radical (unpaired) electrons. The summed E-state index contributed by atoms with van der Waals surface area (Å²) >= 11 is 7.21. The maximum absolute atomic E-state index is 13.7. The second-order valence-electron chi connectivity index (χ2n) is 10.5. The monoisotopic (exact) mass is 646 g/mol. The van der Waals surface area contributed by atoms with Crippen molar-refractivity contribution in [3.05, 3.63) is 119 Å². The van der Waals surface area contributed by atoms with Gasteiger partial charge >= 0.3 is 6.09 Å². The molecule has 2 saturated heterocycles. The van der Waals surface area contributed by atoms with Gasteiger partial charge in [-0.25, -0.2) is 14.2 Å². The molecule has 3 heterocycles. The maximum Gasteiger partial charge on any atom is 0.410 e. The minimum atomic E-state index is -0.645. The van der Waals surface area contributed by atoms with Crippen molar-refractivity contribution in [2.45, 2.75) is 37.3 Å². The van der Waals surface area contributed by atoms with E-state index in [9.17, 15) is 18.8 Å². The average molecular weight is 647 g/mol. The Labute approximate surface area is 268 Å². The highest BCUT2D eigenvalue weighted by Gasteiger charge is 2.40. The zero-order valence-corrected chi connectivity index (χ0v) is 25.5. The Bertz CT molecular complexity index is 1720. The van der Waals surface area contributed by atoms with Crippen LogP contribution in [-0.2, 0) is 27.5 Å². The summed E-state index contributed by atoms with van der Waals surface area (Å²) in [6, 6.07) is 23.3. The van der Waals surface area contributed by atoms with Crippen molar-refractivity contribution in [3.8, 4) is 0 Å². The molecule has 4 aromatic rings. The van der Waals surface area contributed by atoms with Gasteiger partial charge in [-0.2, -0.15) is 0 Å². The van der Waals surface area contributed by atoms with E-state index in [1.54, 1.807) is 36.4 Å². The normalized spacial score (nSPS) is 18.9. The fourth-order valence-corrected chi connectivity index (χ4v) is 6.50. The highest BCUT2D eigenvalue weighted by atomic mass is 35.5. The molecule has 3 amide bonds. The summed E-state index contributed by atoms with van der Waals surface area (Å²) in [5.41, 5.74) is 2.52. The van der Waals surface area contributed by atoms with Crippen molar-refractivity contribution in [1.82, 2.24) is 9.80 Å². The summed E-state index contributed by atoms with van der Waals surface area (Å²) < 4.78 is 24.6. The summed E-state index contributed by atoms with van der Waals surface area (Å²) in [7, 11) is 0. The van der Waals surface area contributed by atoms with Crippen LogP contribution >= 0.6 is 23.4 Å². The largest absolute Gasteiger partial charge is 0.467 e. The van der Waals surface area contributed by atoms with E-state index in [2.05, 4.69) is 10.3 Å². The van der Waals surface area contributed by atoms with Crippen molar-refractivity contribution in [2.75, 3.05) is 11.9 Å². The molecule has 1 N–H and O–H groups in total. The van der Waals surface area contributed by atoms with Crippen molar-refractivity contribution < 1.29 is 27.9 Å². The van der Waals surface area contributed by atoms with E-state index in [0.29, 0.717) is 47.3 Å². The van der Waals surface area contributed by atoms with Crippen LogP contribution in [0.1, 0.15) is 35.0 Å². The van der Waals surface area contributed by atoms with Crippen LogP contribution in [0, 0.1) is 5.82 Å². The Balaban J connectivity index is 1.13. The topological polar surface area (TPSA) is 104 Å². The predicted octanol–water partition coefficient (Wildman–Crippen LogP) is 7.32. The number of halogens is 2. The molecule has 0 saturated carbocycles. The van der Waals surface area contributed by atoms with Crippen molar-refractivity contribution in [3.63, 3.8) is 0 Å². The number of rotatable bonds is 8. The average Bonchev–Trinajstić information content (AvgIpc) is 3.81. The third kappa shape index (κ3) is 7.05. The van der Waals surface area contributed by atoms with Gasteiger partial charge in [0, 0.05) is 12.2 Å². The van der Waals surface area contributed by atoms with Gasteiger partial charge in [0.05, 0.1) is 23.5 Å². The Morgan fingerprint density at radius 2 is 1.87 bits per heavy atom. The molecule has 230 valence electrons. The Morgan fingerprint density at radius 1 is 1.07 bits per heavy atom. The third-order valence-electron chi connectivity index (χ3n) is 7.44. The first-order valence-corrected chi connectivity index (χ1v) is 15.5. The van der Waals surface area contributed by atoms with E-state index in [0.717, 1.165) is 5.56 Å². The first-order chi connectivity index (χ1) is 21.9. The predicted molar refractivity (Wildman–Crippen MR) is 170 cm³/mol. The summed E-state index contributed by atoms with van der Waals surface area (Å²) in [6.07, 6.45) is 2.23. The Morgan fingerprint density at radius 3 is 2.60 bits per heavy atom. The second-order valence-corrected chi connectivity index (χ2v) is 12.0. The number of likely N-dealkylation sites (tertiary alicyclic amines) is 1. The van der Waals surface area contributed by atoms with Gasteiger partial charge in [0.15, 0.2) is 5.17 Å². The number of aliphatic imine (C=N–C) groups is 1. The van der Waals surface area contributed by atoms with Gasteiger partial charge in [-0.1, -0.05) is 65.8 Å². The lowest BCUT2D eigenvalue weighted by molar-refractivity contribution is -0.126. The lowest BCUT2D eigenvalue weighted by Crippen LogP contribution is -2.43. The molecule has 0 spiro atoms. The fraction of sp³-hybridized carbons (Fsp3) is 0.212. The minimum Gasteiger partial charge on any atom is -0.467 e. The molecule has 12 heteroatoms. The first-order valence-electron chi connectivity index (χ1n) is 14.3. The number of thioether (sulfide) groups is 1. The molecule has 0 aliphatic carbocycles. The summed E-state index contributed by atoms with van der Waals surface area (Å²) in [5.74, 6) is -0.481. The first kappa shape index (κ1) is 30.4. The van der Waals surface area contributed by atoms with Gasteiger partial charge in [-0.3, -0.25) is 19.4 Å². The molecule has 2 aliphatic rings. The van der Waals surface area contributed by atoms with E-state index < -0.39 is 23.2 Å². The quantitative estimate of drug-likeness (QED) is 0.215. The third-order valence-corrected chi connectivity index (χ3v) is 8.96. The number of furan rings is 1. The van der Waals surface area contributed by atoms with Crippen LogP contribution in [0.15, 0.2) is 101 Å². The lowest BCUT2D eigenvalue weighted by Gasteiger charge is -2.23. The highest BCUT2D eigenvalue weighted by Crippen LogP contribution is 2.41. The summed E-state index contributed by atoms with van der Waals surface area (Å²) in [6.45, 7) is 0.740. The van der Waals surface area contributed by atoms with E-state index in [1.165, 1.54) is 46.0 Å².